The van der Waals surface area contributed by atoms with E-state index < -0.39 is 0 Å². The lowest BCUT2D eigenvalue weighted by atomic mass is 9.95. The largest absolute Gasteiger partial charge is 0.464 e. The van der Waals surface area contributed by atoms with Gasteiger partial charge in [-0.15, -0.1) is 12.4 Å². The van der Waals surface area contributed by atoms with Crippen molar-refractivity contribution in [1.82, 2.24) is 5.32 Å². The number of furan rings is 1. The predicted octanol–water partition coefficient (Wildman–Crippen LogP) is 3.13. The van der Waals surface area contributed by atoms with Crippen molar-refractivity contribution < 1.29 is 9.21 Å². The van der Waals surface area contributed by atoms with Crippen molar-refractivity contribution in [2.75, 3.05) is 6.54 Å². The molecule has 1 heterocycles. The second-order valence-electron chi connectivity index (χ2n) is 7.35. The van der Waals surface area contributed by atoms with E-state index in [-0.39, 0.29) is 23.9 Å². The van der Waals surface area contributed by atoms with Crippen LogP contribution in [0, 0.1) is 5.92 Å². The molecule has 1 saturated carbocycles. The third-order valence-corrected chi connectivity index (χ3v) is 5.55. The number of fused-ring (bicyclic) bond motifs is 2. The SMILES string of the molecule is CC(CN)(NC(=O)Cc1coc2cc3c(cc12)CCC3)C1CC1.Cl. The van der Waals surface area contributed by atoms with Crippen molar-refractivity contribution in [3.8, 4) is 0 Å². The van der Waals surface area contributed by atoms with Crippen LogP contribution in [0.25, 0.3) is 11.0 Å². The molecule has 1 amide bonds. The third-order valence-electron chi connectivity index (χ3n) is 5.55. The van der Waals surface area contributed by atoms with Crippen molar-refractivity contribution >= 4 is 29.3 Å². The van der Waals surface area contributed by atoms with Gasteiger partial charge in [0.15, 0.2) is 0 Å². The molecule has 4 rings (SSSR count). The van der Waals surface area contributed by atoms with E-state index in [0.717, 1.165) is 42.2 Å². The maximum absolute atomic E-state index is 12.5. The molecule has 1 aromatic heterocycles. The minimum atomic E-state index is -0.266. The molecule has 2 aliphatic rings. The number of nitrogens with one attached hydrogen (secondary N) is 1. The second kappa shape index (κ2) is 6.41. The number of nitrogens with two attached hydrogens (primary N) is 1. The molecule has 0 aliphatic heterocycles. The van der Waals surface area contributed by atoms with Crippen molar-refractivity contribution in [3.05, 3.63) is 35.1 Å². The van der Waals surface area contributed by atoms with Crippen LogP contribution < -0.4 is 11.1 Å². The van der Waals surface area contributed by atoms with E-state index in [1.165, 1.54) is 17.5 Å². The molecule has 0 spiro atoms. The average molecular weight is 349 g/mol. The Hall–Kier alpha value is -1.52. The van der Waals surface area contributed by atoms with Gasteiger partial charge in [0.1, 0.15) is 5.58 Å². The van der Waals surface area contributed by atoms with Crippen LogP contribution in [0.15, 0.2) is 22.8 Å². The second-order valence-corrected chi connectivity index (χ2v) is 7.35. The van der Waals surface area contributed by atoms with E-state index >= 15 is 0 Å². The Labute approximate surface area is 148 Å². The number of amides is 1. The summed E-state index contributed by atoms with van der Waals surface area (Å²) >= 11 is 0. The third kappa shape index (κ3) is 3.05. The van der Waals surface area contributed by atoms with E-state index in [0.29, 0.717) is 18.9 Å². The zero-order chi connectivity index (χ0) is 16.0. The summed E-state index contributed by atoms with van der Waals surface area (Å²) in [7, 11) is 0. The smallest absolute Gasteiger partial charge is 0.225 e. The van der Waals surface area contributed by atoms with Crippen LogP contribution >= 0.6 is 12.4 Å². The Bertz CT molecular complexity index is 766. The maximum Gasteiger partial charge on any atom is 0.225 e. The number of benzene rings is 1. The first-order valence-electron chi connectivity index (χ1n) is 8.62. The van der Waals surface area contributed by atoms with Gasteiger partial charge in [0, 0.05) is 17.5 Å². The molecule has 0 saturated heterocycles. The highest BCUT2D eigenvalue weighted by Gasteiger charge is 2.41. The summed E-state index contributed by atoms with van der Waals surface area (Å²) in [6.07, 6.45) is 7.90. The van der Waals surface area contributed by atoms with Crippen molar-refractivity contribution in [2.24, 2.45) is 11.7 Å². The Morgan fingerprint density at radius 2 is 2.04 bits per heavy atom. The summed E-state index contributed by atoms with van der Waals surface area (Å²) in [6, 6.07) is 4.36. The summed E-state index contributed by atoms with van der Waals surface area (Å²) in [5.41, 5.74) is 10.3. The highest BCUT2D eigenvalue weighted by molar-refractivity contribution is 5.89. The first-order valence-corrected chi connectivity index (χ1v) is 8.62. The monoisotopic (exact) mass is 348 g/mol. The molecule has 1 unspecified atom stereocenters. The minimum absolute atomic E-state index is 0. The number of aryl methyl sites for hydroxylation is 2. The van der Waals surface area contributed by atoms with Crippen LogP contribution in [0.1, 0.15) is 42.9 Å². The molecule has 1 fully saturated rings. The highest BCUT2D eigenvalue weighted by Crippen LogP contribution is 2.39. The quantitative estimate of drug-likeness (QED) is 0.872. The fraction of sp³-hybridized carbons (Fsp3) is 0.526. The summed E-state index contributed by atoms with van der Waals surface area (Å²) in [6.45, 7) is 2.55. The molecule has 130 valence electrons. The van der Waals surface area contributed by atoms with E-state index in [9.17, 15) is 4.79 Å². The zero-order valence-corrected chi connectivity index (χ0v) is 14.9. The molecule has 3 N–H and O–H groups in total. The fourth-order valence-corrected chi connectivity index (χ4v) is 3.86. The molecule has 4 nitrogen and oxygen atoms in total. The average Bonchev–Trinajstić information content (AvgIpc) is 3.20. The van der Waals surface area contributed by atoms with Gasteiger partial charge < -0.3 is 15.5 Å². The van der Waals surface area contributed by atoms with Crippen molar-refractivity contribution in [1.29, 1.82) is 0 Å². The minimum Gasteiger partial charge on any atom is -0.464 e. The number of carbonyl (C=O) groups excluding carboxylic acids is 1. The van der Waals surface area contributed by atoms with Crippen molar-refractivity contribution in [2.45, 2.75) is 51.0 Å². The van der Waals surface area contributed by atoms with E-state index in [1.54, 1.807) is 6.26 Å². The molecule has 0 bridgehead atoms. The standard InChI is InChI=1S/C19H24N2O2.ClH/c1-19(11-20,15-5-6-15)21-18(22)9-14-10-23-17-8-13-4-2-3-12(13)7-16(14)17;/h7-8,10,15H,2-6,9,11,20H2,1H3,(H,21,22);1H. The molecule has 2 aromatic rings. The number of carbonyl (C=O) groups is 1. The van der Waals surface area contributed by atoms with Crippen LogP contribution in [0.5, 0.6) is 0 Å². The lowest BCUT2D eigenvalue weighted by Gasteiger charge is -2.29. The summed E-state index contributed by atoms with van der Waals surface area (Å²) in [4.78, 5) is 12.5. The molecule has 0 radical (unpaired) electrons. The molecule has 5 heteroatoms. The number of hydrogen-bond donors (Lipinski definition) is 2. The van der Waals surface area contributed by atoms with E-state index in [2.05, 4.69) is 24.4 Å². The first kappa shape index (κ1) is 17.3. The van der Waals surface area contributed by atoms with Gasteiger partial charge in [-0.05, 0) is 68.2 Å². The lowest BCUT2D eigenvalue weighted by Crippen LogP contribution is -2.53. The first-order chi connectivity index (χ1) is 11.1. The Morgan fingerprint density at radius 3 is 2.71 bits per heavy atom. The zero-order valence-electron chi connectivity index (χ0n) is 14.1. The summed E-state index contributed by atoms with van der Waals surface area (Å²) in [5, 5.41) is 4.24. The summed E-state index contributed by atoms with van der Waals surface area (Å²) < 4.78 is 5.69. The number of halogens is 1. The van der Waals surface area contributed by atoms with Gasteiger partial charge in [-0.2, -0.15) is 0 Å². The van der Waals surface area contributed by atoms with Gasteiger partial charge in [-0.3, -0.25) is 4.79 Å². The van der Waals surface area contributed by atoms with Crippen LogP contribution in [0.4, 0.5) is 0 Å². The van der Waals surface area contributed by atoms with Gasteiger partial charge >= 0.3 is 0 Å². The van der Waals surface area contributed by atoms with E-state index in [4.69, 9.17) is 10.2 Å². The number of rotatable bonds is 5. The highest BCUT2D eigenvalue weighted by atomic mass is 35.5. The Morgan fingerprint density at radius 1 is 1.33 bits per heavy atom. The van der Waals surface area contributed by atoms with E-state index in [1.807, 2.05) is 0 Å². The Balaban J connectivity index is 0.00000169. The van der Waals surface area contributed by atoms with Gasteiger partial charge in [-0.25, -0.2) is 0 Å². The Kier molecular flexibility index (Phi) is 4.63. The molecular weight excluding hydrogens is 324 g/mol. The summed E-state index contributed by atoms with van der Waals surface area (Å²) in [5.74, 6) is 0.564. The van der Waals surface area contributed by atoms with Crippen LogP contribution in [0.3, 0.4) is 0 Å². The topological polar surface area (TPSA) is 68.3 Å². The molecular formula is C19H25ClN2O2. The fourth-order valence-electron chi connectivity index (χ4n) is 3.86. The van der Waals surface area contributed by atoms with Crippen LogP contribution in [-0.2, 0) is 24.1 Å². The predicted molar refractivity (Wildman–Crippen MR) is 97.5 cm³/mol. The van der Waals surface area contributed by atoms with Gasteiger partial charge in [0.05, 0.1) is 18.2 Å². The normalized spacial score (nSPS) is 18.8. The van der Waals surface area contributed by atoms with Crippen LogP contribution in [-0.4, -0.2) is 18.0 Å². The van der Waals surface area contributed by atoms with Gasteiger partial charge in [0.25, 0.3) is 0 Å². The van der Waals surface area contributed by atoms with Crippen LogP contribution in [0.2, 0.25) is 0 Å². The van der Waals surface area contributed by atoms with Gasteiger partial charge in [-0.1, -0.05) is 0 Å². The number of hydrogen-bond acceptors (Lipinski definition) is 3. The molecule has 1 aromatic carbocycles. The molecule has 2 aliphatic carbocycles. The van der Waals surface area contributed by atoms with Gasteiger partial charge in [0.2, 0.25) is 5.91 Å². The maximum atomic E-state index is 12.5. The lowest BCUT2D eigenvalue weighted by molar-refractivity contribution is -0.122. The molecule has 1 atom stereocenters. The molecule has 24 heavy (non-hydrogen) atoms. The van der Waals surface area contributed by atoms with Crippen molar-refractivity contribution in [3.63, 3.8) is 0 Å².